The summed E-state index contributed by atoms with van der Waals surface area (Å²) in [5.74, 6) is -0.367. The second-order valence-electron chi connectivity index (χ2n) is 4.97. The molecule has 1 N–H and O–H groups in total. The van der Waals surface area contributed by atoms with E-state index in [0.29, 0.717) is 5.92 Å². The van der Waals surface area contributed by atoms with Gasteiger partial charge >= 0.3 is 0 Å². The maximum Gasteiger partial charge on any atom is 0.287 e. The van der Waals surface area contributed by atoms with Crippen LogP contribution in [0, 0.1) is 11.3 Å². The van der Waals surface area contributed by atoms with Gasteiger partial charge in [-0.05, 0) is 13.0 Å². The molecule has 1 atom stereocenters. The molecular formula is C10H17NO3. The van der Waals surface area contributed by atoms with E-state index in [0.717, 1.165) is 39.3 Å². The Morgan fingerprint density at radius 2 is 1.79 bits per heavy atom. The van der Waals surface area contributed by atoms with Gasteiger partial charge in [-0.25, -0.2) is 0 Å². The van der Waals surface area contributed by atoms with Crippen molar-refractivity contribution in [1.29, 1.82) is 0 Å². The average molecular weight is 199 g/mol. The van der Waals surface area contributed by atoms with Crippen LogP contribution < -0.4 is 5.32 Å². The summed E-state index contributed by atoms with van der Waals surface area (Å²) >= 11 is 0. The van der Waals surface area contributed by atoms with Gasteiger partial charge in [0.15, 0.2) is 0 Å². The molecule has 2 bridgehead atoms. The van der Waals surface area contributed by atoms with Crippen LogP contribution in [0.15, 0.2) is 0 Å². The van der Waals surface area contributed by atoms with Crippen molar-refractivity contribution in [3.63, 3.8) is 0 Å². The van der Waals surface area contributed by atoms with Gasteiger partial charge in [0.25, 0.3) is 5.97 Å². The average Bonchev–Trinajstić information content (AvgIpc) is 2.73. The first-order chi connectivity index (χ1) is 6.73. The summed E-state index contributed by atoms with van der Waals surface area (Å²) in [4.78, 5) is 0. The first-order valence-electron chi connectivity index (χ1n) is 5.35. The standard InChI is InChI=1S/C10H17NO3/c1-9-5-12-10(13-6-9,14-7-9)8-2-3-11-4-8/h8,11H,2-7H2,1H3. The van der Waals surface area contributed by atoms with Crippen LogP contribution in [-0.2, 0) is 14.2 Å². The lowest BCUT2D eigenvalue weighted by Crippen LogP contribution is -2.62. The zero-order chi connectivity index (χ0) is 9.65. The van der Waals surface area contributed by atoms with Crippen LogP contribution in [0.4, 0.5) is 0 Å². The molecule has 4 aliphatic heterocycles. The third-order valence-corrected chi connectivity index (χ3v) is 3.43. The first kappa shape index (κ1) is 9.09. The normalized spacial score (nSPS) is 52.5. The van der Waals surface area contributed by atoms with Crippen molar-refractivity contribution in [1.82, 2.24) is 5.32 Å². The zero-order valence-corrected chi connectivity index (χ0v) is 8.54. The van der Waals surface area contributed by atoms with E-state index in [1.54, 1.807) is 0 Å². The lowest BCUT2D eigenvalue weighted by Gasteiger charge is -2.52. The molecule has 0 spiro atoms. The number of hydrogen-bond acceptors (Lipinski definition) is 4. The minimum absolute atomic E-state index is 0.0772. The Kier molecular flexibility index (Phi) is 1.89. The lowest BCUT2D eigenvalue weighted by atomic mass is 9.90. The molecule has 4 rings (SSSR count). The van der Waals surface area contributed by atoms with Gasteiger partial charge in [-0.2, -0.15) is 0 Å². The van der Waals surface area contributed by atoms with Crippen LogP contribution in [0.2, 0.25) is 0 Å². The van der Waals surface area contributed by atoms with Gasteiger partial charge < -0.3 is 19.5 Å². The summed E-state index contributed by atoms with van der Waals surface area (Å²) in [7, 11) is 0. The highest BCUT2D eigenvalue weighted by molar-refractivity contribution is 4.90. The first-order valence-corrected chi connectivity index (χ1v) is 5.35. The number of hydrogen-bond donors (Lipinski definition) is 1. The van der Waals surface area contributed by atoms with Crippen molar-refractivity contribution in [2.45, 2.75) is 19.3 Å². The van der Waals surface area contributed by atoms with Gasteiger partial charge in [0.05, 0.1) is 25.7 Å². The molecule has 0 saturated carbocycles. The Balaban J connectivity index is 1.78. The van der Waals surface area contributed by atoms with E-state index in [-0.39, 0.29) is 5.41 Å². The Bertz CT molecular complexity index is 213. The summed E-state index contributed by atoms with van der Waals surface area (Å²) in [6, 6.07) is 0. The molecule has 0 amide bonds. The molecular weight excluding hydrogens is 182 g/mol. The van der Waals surface area contributed by atoms with E-state index in [2.05, 4.69) is 12.2 Å². The van der Waals surface area contributed by atoms with Crippen molar-refractivity contribution >= 4 is 0 Å². The molecule has 1 unspecified atom stereocenters. The highest BCUT2D eigenvalue weighted by Crippen LogP contribution is 2.43. The van der Waals surface area contributed by atoms with Crippen LogP contribution in [0.25, 0.3) is 0 Å². The van der Waals surface area contributed by atoms with E-state index >= 15 is 0 Å². The quantitative estimate of drug-likeness (QED) is 0.660. The van der Waals surface area contributed by atoms with E-state index in [1.165, 1.54) is 0 Å². The Morgan fingerprint density at radius 3 is 2.29 bits per heavy atom. The predicted octanol–water partition coefficient (Wildman–Crippen LogP) is 0.333. The smallest absolute Gasteiger partial charge is 0.287 e. The summed E-state index contributed by atoms with van der Waals surface area (Å²) < 4.78 is 17.3. The highest BCUT2D eigenvalue weighted by atomic mass is 16.9. The van der Waals surface area contributed by atoms with E-state index in [9.17, 15) is 0 Å². The molecule has 0 aromatic carbocycles. The topological polar surface area (TPSA) is 39.7 Å². The molecule has 4 heteroatoms. The van der Waals surface area contributed by atoms with Crippen LogP contribution in [0.5, 0.6) is 0 Å². The van der Waals surface area contributed by atoms with Crippen molar-refractivity contribution in [2.24, 2.45) is 11.3 Å². The van der Waals surface area contributed by atoms with Crippen LogP contribution in [0.3, 0.4) is 0 Å². The van der Waals surface area contributed by atoms with Crippen molar-refractivity contribution in [3.8, 4) is 0 Å². The molecule has 4 aliphatic rings. The van der Waals surface area contributed by atoms with Gasteiger partial charge in [0, 0.05) is 12.0 Å². The Labute approximate surface area is 83.9 Å². The summed E-state index contributed by atoms with van der Waals surface area (Å²) in [6.07, 6.45) is 1.08. The van der Waals surface area contributed by atoms with Crippen molar-refractivity contribution < 1.29 is 14.2 Å². The molecule has 0 aromatic heterocycles. The number of nitrogens with one attached hydrogen (secondary N) is 1. The third-order valence-electron chi connectivity index (χ3n) is 3.43. The van der Waals surface area contributed by atoms with Crippen LogP contribution in [-0.4, -0.2) is 38.9 Å². The molecule has 4 saturated heterocycles. The fraction of sp³-hybridized carbons (Fsp3) is 1.00. The lowest BCUT2D eigenvalue weighted by molar-refractivity contribution is -0.482. The van der Waals surface area contributed by atoms with Crippen molar-refractivity contribution in [3.05, 3.63) is 0 Å². The monoisotopic (exact) mass is 199 g/mol. The maximum atomic E-state index is 5.77. The summed E-state index contributed by atoms with van der Waals surface area (Å²) in [5, 5.41) is 3.32. The number of fused-ring (bicyclic) bond motifs is 3. The minimum atomic E-state index is -0.721. The molecule has 4 fully saturated rings. The molecule has 0 aliphatic carbocycles. The number of rotatable bonds is 1. The Morgan fingerprint density at radius 1 is 1.14 bits per heavy atom. The molecule has 0 radical (unpaired) electrons. The summed E-state index contributed by atoms with van der Waals surface area (Å²) in [5.41, 5.74) is 0.0772. The largest absolute Gasteiger partial charge is 0.326 e. The highest BCUT2D eigenvalue weighted by Gasteiger charge is 2.55. The summed E-state index contributed by atoms with van der Waals surface area (Å²) in [6.45, 7) is 6.43. The fourth-order valence-corrected chi connectivity index (χ4v) is 2.38. The number of ether oxygens (including phenoxy) is 3. The van der Waals surface area contributed by atoms with Crippen LogP contribution in [0.1, 0.15) is 13.3 Å². The molecule has 0 aromatic rings. The maximum absolute atomic E-state index is 5.77. The Hall–Kier alpha value is -0.160. The molecule has 80 valence electrons. The SMILES string of the molecule is CC12COC(C3CCNC3)(OC1)OC2. The second-order valence-corrected chi connectivity index (χ2v) is 4.97. The van der Waals surface area contributed by atoms with E-state index in [1.807, 2.05) is 0 Å². The van der Waals surface area contributed by atoms with Gasteiger partial charge in [-0.15, -0.1) is 0 Å². The van der Waals surface area contributed by atoms with Gasteiger partial charge in [-0.1, -0.05) is 6.92 Å². The van der Waals surface area contributed by atoms with Gasteiger partial charge in [-0.3, -0.25) is 0 Å². The third kappa shape index (κ3) is 1.21. The van der Waals surface area contributed by atoms with E-state index in [4.69, 9.17) is 14.2 Å². The second kappa shape index (κ2) is 2.92. The van der Waals surface area contributed by atoms with Gasteiger partial charge in [0.1, 0.15) is 0 Å². The van der Waals surface area contributed by atoms with E-state index < -0.39 is 5.97 Å². The molecule has 14 heavy (non-hydrogen) atoms. The van der Waals surface area contributed by atoms with Crippen molar-refractivity contribution in [2.75, 3.05) is 32.9 Å². The van der Waals surface area contributed by atoms with Crippen LogP contribution >= 0.6 is 0 Å². The fourth-order valence-electron chi connectivity index (χ4n) is 2.38. The molecule has 4 heterocycles. The minimum Gasteiger partial charge on any atom is -0.326 e. The van der Waals surface area contributed by atoms with Gasteiger partial charge in [0.2, 0.25) is 0 Å². The zero-order valence-electron chi connectivity index (χ0n) is 8.54. The predicted molar refractivity (Wildman–Crippen MR) is 49.7 cm³/mol. The molecule has 4 nitrogen and oxygen atoms in total.